The maximum absolute atomic E-state index is 6.03. The molecule has 2 aliphatic rings. The highest BCUT2D eigenvalue weighted by atomic mass is 35.5. The standard InChI is InChI=1S/C15H20ClNO/c16-14-4-3-12-7-15(8-13(12)6-14)17-9-11-2-1-5-18-10-11/h3-4,6,11,15,17H,1-2,5,7-10H2. The highest BCUT2D eigenvalue weighted by Crippen LogP contribution is 2.25. The molecule has 18 heavy (non-hydrogen) atoms. The number of benzene rings is 1. The van der Waals surface area contributed by atoms with Crippen LogP contribution in [0, 0.1) is 5.92 Å². The summed E-state index contributed by atoms with van der Waals surface area (Å²) in [6, 6.07) is 6.86. The Morgan fingerprint density at radius 3 is 3.00 bits per heavy atom. The third-order valence-electron chi connectivity index (χ3n) is 4.05. The highest BCUT2D eigenvalue weighted by molar-refractivity contribution is 6.30. The predicted octanol–water partition coefficient (Wildman–Crippen LogP) is 2.82. The van der Waals surface area contributed by atoms with E-state index in [-0.39, 0.29) is 0 Å². The van der Waals surface area contributed by atoms with Gasteiger partial charge in [0.25, 0.3) is 0 Å². The van der Waals surface area contributed by atoms with Crippen molar-refractivity contribution in [2.24, 2.45) is 5.92 Å². The summed E-state index contributed by atoms with van der Waals surface area (Å²) in [7, 11) is 0. The van der Waals surface area contributed by atoms with E-state index in [0.29, 0.717) is 12.0 Å². The maximum atomic E-state index is 6.03. The van der Waals surface area contributed by atoms with Gasteiger partial charge in [-0.25, -0.2) is 0 Å². The number of nitrogens with one attached hydrogen (secondary N) is 1. The lowest BCUT2D eigenvalue weighted by Crippen LogP contribution is -2.36. The van der Waals surface area contributed by atoms with E-state index in [0.717, 1.165) is 37.6 Å². The molecule has 3 heteroatoms. The second-order valence-corrected chi connectivity index (χ2v) is 5.95. The summed E-state index contributed by atoms with van der Waals surface area (Å²) in [6.07, 6.45) is 4.77. The van der Waals surface area contributed by atoms with Gasteiger partial charge in [-0.15, -0.1) is 0 Å². The zero-order valence-electron chi connectivity index (χ0n) is 10.6. The minimum absolute atomic E-state index is 0.584. The molecule has 0 aromatic heterocycles. The lowest BCUT2D eigenvalue weighted by molar-refractivity contribution is 0.0539. The Bertz CT molecular complexity index is 415. The Hall–Kier alpha value is -0.570. The number of rotatable bonds is 3. The molecule has 2 unspecified atom stereocenters. The zero-order valence-corrected chi connectivity index (χ0v) is 11.4. The quantitative estimate of drug-likeness (QED) is 0.908. The SMILES string of the molecule is Clc1ccc2c(c1)CC(NCC1CCCOC1)C2. The highest BCUT2D eigenvalue weighted by Gasteiger charge is 2.22. The molecule has 0 bridgehead atoms. The topological polar surface area (TPSA) is 21.3 Å². The first-order chi connectivity index (χ1) is 8.81. The van der Waals surface area contributed by atoms with Gasteiger partial charge in [0.15, 0.2) is 0 Å². The molecule has 2 nitrogen and oxygen atoms in total. The van der Waals surface area contributed by atoms with Crippen LogP contribution in [0.15, 0.2) is 18.2 Å². The van der Waals surface area contributed by atoms with Crippen molar-refractivity contribution in [3.05, 3.63) is 34.3 Å². The molecule has 1 aliphatic carbocycles. The van der Waals surface area contributed by atoms with Crippen molar-refractivity contribution in [3.63, 3.8) is 0 Å². The van der Waals surface area contributed by atoms with Crippen molar-refractivity contribution in [2.45, 2.75) is 31.7 Å². The van der Waals surface area contributed by atoms with Crippen LogP contribution in [0.25, 0.3) is 0 Å². The summed E-state index contributed by atoms with van der Waals surface area (Å²) in [5.74, 6) is 0.700. The zero-order chi connectivity index (χ0) is 12.4. The van der Waals surface area contributed by atoms with Crippen LogP contribution in [0.3, 0.4) is 0 Å². The van der Waals surface area contributed by atoms with Gasteiger partial charge in [0.05, 0.1) is 6.61 Å². The van der Waals surface area contributed by atoms with Gasteiger partial charge in [-0.1, -0.05) is 17.7 Å². The van der Waals surface area contributed by atoms with Gasteiger partial charge >= 0.3 is 0 Å². The summed E-state index contributed by atoms with van der Waals surface area (Å²) in [4.78, 5) is 0. The minimum Gasteiger partial charge on any atom is -0.381 e. The Kier molecular flexibility index (Phi) is 3.88. The number of halogens is 1. The monoisotopic (exact) mass is 265 g/mol. The lowest BCUT2D eigenvalue weighted by atomic mass is 10.0. The molecule has 1 fully saturated rings. The van der Waals surface area contributed by atoms with Gasteiger partial charge in [-0.2, -0.15) is 0 Å². The summed E-state index contributed by atoms with van der Waals surface area (Å²) >= 11 is 6.03. The van der Waals surface area contributed by atoms with Crippen LogP contribution in [0.2, 0.25) is 5.02 Å². The summed E-state index contributed by atoms with van der Waals surface area (Å²) < 4.78 is 5.52. The third-order valence-corrected chi connectivity index (χ3v) is 4.29. The second-order valence-electron chi connectivity index (χ2n) is 5.51. The molecule has 1 aromatic rings. The van der Waals surface area contributed by atoms with Crippen LogP contribution in [-0.2, 0) is 17.6 Å². The molecule has 98 valence electrons. The lowest BCUT2D eigenvalue weighted by Gasteiger charge is -2.24. The Balaban J connectivity index is 1.51. The molecule has 1 N–H and O–H groups in total. The smallest absolute Gasteiger partial charge is 0.0506 e. The van der Waals surface area contributed by atoms with Gasteiger partial charge in [0, 0.05) is 24.2 Å². The van der Waals surface area contributed by atoms with E-state index in [1.54, 1.807) is 0 Å². The second kappa shape index (κ2) is 5.60. The molecule has 0 saturated carbocycles. The summed E-state index contributed by atoms with van der Waals surface area (Å²) in [5, 5.41) is 4.55. The van der Waals surface area contributed by atoms with Gasteiger partial charge in [-0.05, 0) is 54.9 Å². The third kappa shape index (κ3) is 2.87. The molecular weight excluding hydrogens is 246 g/mol. The van der Waals surface area contributed by atoms with Crippen LogP contribution >= 0.6 is 11.6 Å². The van der Waals surface area contributed by atoms with Crippen LogP contribution in [0.4, 0.5) is 0 Å². The fourth-order valence-corrected chi connectivity index (χ4v) is 3.23. The van der Waals surface area contributed by atoms with Crippen LogP contribution in [-0.4, -0.2) is 25.8 Å². The maximum Gasteiger partial charge on any atom is 0.0506 e. The predicted molar refractivity (Wildman–Crippen MR) is 74.2 cm³/mol. The fraction of sp³-hybridized carbons (Fsp3) is 0.600. The molecule has 2 atom stereocenters. The van der Waals surface area contributed by atoms with Crippen LogP contribution in [0.1, 0.15) is 24.0 Å². The molecule has 0 spiro atoms. The van der Waals surface area contributed by atoms with E-state index in [1.807, 2.05) is 6.07 Å². The van der Waals surface area contributed by atoms with E-state index < -0.39 is 0 Å². The Morgan fingerprint density at radius 2 is 2.17 bits per heavy atom. The first kappa shape index (κ1) is 12.5. The average molecular weight is 266 g/mol. The van der Waals surface area contributed by atoms with E-state index in [2.05, 4.69) is 17.4 Å². The molecule has 1 aliphatic heterocycles. The normalized spacial score (nSPS) is 27.2. The van der Waals surface area contributed by atoms with Gasteiger partial charge in [-0.3, -0.25) is 0 Å². The fourth-order valence-electron chi connectivity index (χ4n) is 3.03. The molecule has 1 aromatic carbocycles. The van der Waals surface area contributed by atoms with Gasteiger partial charge < -0.3 is 10.1 Å². The van der Waals surface area contributed by atoms with E-state index >= 15 is 0 Å². The molecule has 0 amide bonds. The van der Waals surface area contributed by atoms with Crippen molar-refractivity contribution in [3.8, 4) is 0 Å². The largest absolute Gasteiger partial charge is 0.381 e. The van der Waals surface area contributed by atoms with Crippen LogP contribution < -0.4 is 5.32 Å². The number of hydrogen-bond donors (Lipinski definition) is 1. The van der Waals surface area contributed by atoms with Crippen LogP contribution in [0.5, 0.6) is 0 Å². The van der Waals surface area contributed by atoms with E-state index in [9.17, 15) is 0 Å². The van der Waals surface area contributed by atoms with Crippen molar-refractivity contribution < 1.29 is 4.74 Å². The minimum atomic E-state index is 0.584. The molecule has 3 rings (SSSR count). The molecule has 1 heterocycles. The van der Waals surface area contributed by atoms with Crippen molar-refractivity contribution in [2.75, 3.05) is 19.8 Å². The van der Waals surface area contributed by atoms with E-state index in [1.165, 1.54) is 24.0 Å². The Morgan fingerprint density at radius 1 is 1.28 bits per heavy atom. The first-order valence-corrected chi connectivity index (χ1v) is 7.27. The van der Waals surface area contributed by atoms with E-state index in [4.69, 9.17) is 16.3 Å². The molecule has 1 saturated heterocycles. The summed E-state index contributed by atoms with van der Waals surface area (Å²) in [6.45, 7) is 2.97. The van der Waals surface area contributed by atoms with Crippen molar-refractivity contribution in [1.82, 2.24) is 5.32 Å². The van der Waals surface area contributed by atoms with Crippen molar-refractivity contribution in [1.29, 1.82) is 0 Å². The van der Waals surface area contributed by atoms with Gasteiger partial charge in [0.1, 0.15) is 0 Å². The number of fused-ring (bicyclic) bond motifs is 1. The molecule has 0 radical (unpaired) electrons. The summed E-state index contributed by atoms with van der Waals surface area (Å²) in [5.41, 5.74) is 2.87. The first-order valence-electron chi connectivity index (χ1n) is 6.89. The molecular formula is C15H20ClNO. The number of ether oxygens (including phenoxy) is 1. The number of hydrogen-bond acceptors (Lipinski definition) is 2. The Labute approximate surface area is 114 Å². The van der Waals surface area contributed by atoms with Crippen molar-refractivity contribution >= 4 is 11.6 Å². The average Bonchev–Trinajstić information content (AvgIpc) is 2.79. The van der Waals surface area contributed by atoms with Gasteiger partial charge in [0.2, 0.25) is 0 Å².